The molecule has 0 heterocycles. The summed E-state index contributed by atoms with van der Waals surface area (Å²) in [6.45, 7) is -0.339. The van der Waals surface area contributed by atoms with Crippen LogP contribution < -0.4 is 5.32 Å². The Hall–Kier alpha value is -2.28. The normalized spacial score (nSPS) is 11.3. The van der Waals surface area contributed by atoms with E-state index in [0.29, 0.717) is 6.07 Å². The first-order valence-electron chi connectivity index (χ1n) is 6.31. The number of benzene rings is 2. The molecule has 2 aromatic carbocycles. The van der Waals surface area contributed by atoms with Crippen LogP contribution in [0.15, 0.2) is 36.4 Å². The summed E-state index contributed by atoms with van der Waals surface area (Å²) in [4.78, 5) is 11.9. The topological polar surface area (TPSA) is 49.3 Å². The van der Waals surface area contributed by atoms with Crippen LogP contribution in [0.3, 0.4) is 0 Å². The van der Waals surface area contributed by atoms with E-state index >= 15 is 0 Å². The lowest BCUT2D eigenvalue weighted by Crippen LogP contribution is -2.23. The average molecular weight is 348 g/mol. The van der Waals surface area contributed by atoms with Gasteiger partial charge in [-0.15, -0.1) is 0 Å². The van der Waals surface area contributed by atoms with Crippen LogP contribution in [-0.2, 0) is 12.7 Å². The van der Waals surface area contributed by atoms with Crippen molar-refractivity contribution in [1.29, 1.82) is 0 Å². The van der Waals surface area contributed by atoms with E-state index in [1.54, 1.807) is 0 Å². The molecule has 122 valence electrons. The van der Waals surface area contributed by atoms with Crippen LogP contribution in [0.1, 0.15) is 21.5 Å². The van der Waals surface area contributed by atoms with Gasteiger partial charge in [-0.05, 0) is 30.3 Å². The molecule has 0 fully saturated rings. The van der Waals surface area contributed by atoms with Gasteiger partial charge in [0.05, 0.1) is 11.1 Å². The fourth-order valence-corrected chi connectivity index (χ4v) is 2.00. The molecule has 0 radical (unpaired) electrons. The second-order valence-corrected chi connectivity index (χ2v) is 5.08. The van der Waals surface area contributed by atoms with Gasteiger partial charge in [-0.2, -0.15) is 13.2 Å². The number of alkyl halides is 3. The van der Waals surface area contributed by atoms with Crippen LogP contribution in [0.5, 0.6) is 5.75 Å². The highest BCUT2D eigenvalue weighted by atomic mass is 35.5. The molecule has 8 heteroatoms. The van der Waals surface area contributed by atoms with Gasteiger partial charge in [-0.1, -0.05) is 17.7 Å². The maximum atomic E-state index is 13.7. The fraction of sp³-hybridized carbons (Fsp3) is 0.133. The molecule has 0 aliphatic heterocycles. The third kappa shape index (κ3) is 4.13. The number of phenolic OH excluding ortho intramolecular Hbond substituents is 1. The monoisotopic (exact) mass is 347 g/mol. The Balaban J connectivity index is 2.12. The highest BCUT2D eigenvalue weighted by Crippen LogP contribution is 2.30. The Morgan fingerprint density at radius 3 is 2.48 bits per heavy atom. The second-order valence-electron chi connectivity index (χ2n) is 4.65. The van der Waals surface area contributed by atoms with Crippen molar-refractivity contribution in [3.63, 3.8) is 0 Å². The number of rotatable bonds is 3. The first-order valence-corrected chi connectivity index (χ1v) is 6.68. The standard InChI is InChI=1S/C15H10ClF4NO2/c16-10-3-4-13(22)11(6-10)14(23)21-7-8-1-2-9(5-12(8)17)15(18,19)20/h1-6,22H,7H2,(H,21,23). The first-order chi connectivity index (χ1) is 10.7. The van der Waals surface area contributed by atoms with E-state index in [4.69, 9.17) is 11.6 Å². The summed E-state index contributed by atoms with van der Waals surface area (Å²) in [6, 6.07) is 5.84. The highest BCUT2D eigenvalue weighted by Gasteiger charge is 2.31. The molecule has 0 unspecified atom stereocenters. The van der Waals surface area contributed by atoms with Gasteiger partial charge in [0.25, 0.3) is 5.91 Å². The van der Waals surface area contributed by atoms with Crippen LogP contribution in [0.25, 0.3) is 0 Å². The van der Waals surface area contributed by atoms with Crippen molar-refractivity contribution in [2.24, 2.45) is 0 Å². The maximum Gasteiger partial charge on any atom is 0.416 e. The molecule has 0 bridgehead atoms. The third-order valence-corrected chi connectivity index (χ3v) is 3.26. The van der Waals surface area contributed by atoms with Crippen molar-refractivity contribution in [3.8, 4) is 5.75 Å². The molecular weight excluding hydrogens is 338 g/mol. The van der Waals surface area contributed by atoms with Gasteiger partial charge >= 0.3 is 6.18 Å². The van der Waals surface area contributed by atoms with Crippen LogP contribution in [-0.4, -0.2) is 11.0 Å². The SMILES string of the molecule is O=C(NCc1ccc(C(F)(F)F)cc1F)c1cc(Cl)ccc1O. The minimum atomic E-state index is -4.64. The number of nitrogens with one attached hydrogen (secondary N) is 1. The number of amides is 1. The zero-order chi connectivity index (χ0) is 17.2. The van der Waals surface area contributed by atoms with Crippen molar-refractivity contribution in [2.75, 3.05) is 0 Å². The molecule has 23 heavy (non-hydrogen) atoms. The van der Waals surface area contributed by atoms with E-state index in [9.17, 15) is 27.5 Å². The Kier molecular flexibility index (Phi) is 4.79. The van der Waals surface area contributed by atoms with E-state index in [1.807, 2.05) is 0 Å². The molecule has 0 atom stereocenters. The van der Waals surface area contributed by atoms with E-state index < -0.39 is 23.5 Å². The quantitative estimate of drug-likeness (QED) is 0.820. The van der Waals surface area contributed by atoms with Gasteiger partial charge in [0.2, 0.25) is 0 Å². The number of hydrogen-bond acceptors (Lipinski definition) is 2. The highest BCUT2D eigenvalue weighted by molar-refractivity contribution is 6.31. The van der Waals surface area contributed by atoms with Crippen molar-refractivity contribution >= 4 is 17.5 Å². The lowest BCUT2D eigenvalue weighted by atomic mass is 10.1. The van der Waals surface area contributed by atoms with Crippen molar-refractivity contribution in [3.05, 3.63) is 63.9 Å². The number of aromatic hydroxyl groups is 1. The van der Waals surface area contributed by atoms with Crippen molar-refractivity contribution in [2.45, 2.75) is 12.7 Å². The largest absolute Gasteiger partial charge is 0.507 e. The summed E-state index contributed by atoms with van der Waals surface area (Å²) in [7, 11) is 0. The number of hydrogen-bond donors (Lipinski definition) is 2. The van der Waals surface area contributed by atoms with Gasteiger partial charge < -0.3 is 10.4 Å². The zero-order valence-electron chi connectivity index (χ0n) is 11.4. The Labute approximate surface area is 133 Å². The Bertz CT molecular complexity index is 747. The van der Waals surface area contributed by atoms with Gasteiger partial charge in [0, 0.05) is 17.1 Å². The van der Waals surface area contributed by atoms with E-state index in [0.717, 1.165) is 12.1 Å². The lowest BCUT2D eigenvalue weighted by Gasteiger charge is -2.10. The number of carbonyl (C=O) groups is 1. The molecule has 0 aromatic heterocycles. The predicted octanol–water partition coefficient (Wildman–Crippen LogP) is 4.13. The molecule has 2 aromatic rings. The van der Waals surface area contributed by atoms with Gasteiger partial charge in [-0.3, -0.25) is 4.79 Å². The maximum absolute atomic E-state index is 13.7. The summed E-state index contributed by atoms with van der Waals surface area (Å²) in [5.74, 6) is -2.14. The van der Waals surface area contributed by atoms with Crippen LogP contribution in [0.4, 0.5) is 17.6 Å². The van der Waals surface area contributed by atoms with Crippen molar-refractivity contribution in [1.82, 2.24) is 5.32 Å². The molecular formula is C15H10ClF4NO2. The average Bonchev–Trinajstić information content (AvgIpc) is 2.47. The van der Waals surface area contributed by atoms with Gasteiger partial charge in [0.15, 0.2) is 0 Å². The zero-order valence-corrected chi connectivity index (χ0v) is 12.2. The smallest absolute Gasteiger partial charge is 0.416 e. The Morgan fingerprint density at radius 1 is 1.17 bits per heavy atom. The molecule has 3 nitrogen and oxygen atoms in total. The molecule has 0 saturated heterocycles. The number of phenols is 1. The Morgan fingerprint density at radius 2 is 1.87 bits per heavy atom. The van der Waals surface area contributed by atoms with E-state index in [-0.39, 0.29) is 28.4 Å². The summed E-state index contributed by atoms with van der Waals surface area (Å²) in [5.41, 5.74) is -1.35. The van der Waals surface area contributed by atoms with Crippen LogP contribution in [0, 0.1) is 5.82 Å². The molecule has 1 amide bonds. The lowest BCUT2D eigenvalue weighted by molar-refractivity contribution is -0.137. The van der Waals surface area contributed by atoms with Gasteiger partial charge in [0.1, 0.15) is 11.6 Å². The summed E-state index contributed by atoms with van der Waals surface area (Å²) in [5, 5.41) is 12.1. The molecule has 2 rings (SSSR count). The van der Waals surface area contributed by atoms with E-state index in [1.165, 1.54) is 18.2 Å². The molecule has 0 aliphatic carbocycles. The van der Waals surface area contributed by atoms with Crippen molar-refractivity contribution < 1.29 is 27.5 Å². The minimum absolute atomic E-state index is 0.118. The number of carbonyl (C=O) groups excluding carboxylic acids is 1. The summed E-state index contributed by atoms with van der Waals surface area (Å²) in [6.07, 6.45) is -4.64. The molecule has 2 N–H and O–H groups in total. The summed E-state index contributed by atoms with van der Waals surface area (Å²) >= 11 is 5.71. The summed E-state index contributed by atoms with van der Waals surface area (Å²) < 4.78 is 51.0. The molecule has 0 aliphatic rings. The van der Waals surface area contributed by atoms with Gasteiger partial charge in [-0.25, -0.2) is 4.39 Å². The fourth-order valence-electron chi connectivity index (χ4n) is 1.83. The predicted molar refractivity (Wildman–Crippen MR) is 75.7 cm³/mol. The van der Waals surface area contributed by atoms with E-state index in [2.05, 4.69) is 5.32 Å². The first kappa shape index (κ1) is 17.1. The van der Waals surface area contributed by atoms with Crippen LogP contribution >= 0.6 is 11.6 Å². The minimum Gasteiger partial charge on any atom is -0.507 e. The van der Waals surface area contributed by atoms with Crippen LogP contribution in [0.2, 0.25) is 5.02 Å². The third-order valence-electron chi connectivity index (χ3n) is 3.02. The molecule has 0 spiro atoms. The number of halogens is 5. The molecule has 0 saturated carbocycles. The second kappa shape index (κ2) is 6.45.